The SMILES string of the molecule is CCC(CC(N)=NO)Sc1cnn(C)c1. The van der Waals surface area contributed by atoms with Gasteiger partial charge in [0.15, 0.2) is 0 Å². The number of hydrogen-bond donors (Lipinski definition) is 2. The fourth-order valence-electron chi connectivity index (χ4n) is 1.20. The third-order valence-corrected chi connectivity index (χ3v) is 3.32. The van der Waals surface area contributed by atoms with E-state index in [-0.39, 0.29) is 5.84 Å². The molecule has 6 heteroatoms. The molecule has 1 aromatic rings. The number of hydrogen-bond acceptors (Lipinski definition) is 4. The minimum absolute atomic E-state index is 0.276. The Balaban J connectivity index is 2.54. The minimum atomic E-state index is 0.276. The summed E-state index contributed by atoms with van der Waals surface area (Å²) < 4.78 is 1.76. The first-order chi connectivity index (χ1) is 7.15. The molecule has 15 heavy (non-hydrogen) atoms. The van der Waals surface area contributed by atoms with Crippen molar-refractivity contribution in [1.82, 2.24) is 9.78 Å². The molecule has 1 rings (SSSR count). The van der Waals surface area contributed by atoms with E-state index in [1.165, 1.54) is 0 Å². The number of thioether (sulfide) groups is 1. The molecule has 0 aliphatic heterocycles. The smallest absolute Gasteiger partial charge is 0.140 e. The van der Waals surface area contributed by atoms with Gasteiger partial charge in [-0.2, -0.15) is 5.10 Å². The second-order valence-electron chi connectivity index (χ2n) is 3.29. The van der Waals surface area contributed by atoms with Gasteiger partial charge in [0.1, 0.15) is 5.84 Å². The molecule has 1 atom stereocenters. The minimum Gasteiger partial charge on any atom is -0.409 e. The molecule has 0 radical (unpaired) electrons. The lowest BCUT2D eigenvalue weighted by atomic mass is 10.2. The summed E-state index contributed by atoms with van der Waals surface area (Å²) in [6.07, 6.45) is 5.33. The van der Waals surface area contributed by atoms with Crippen molar-refractivity contribution in [2.45, 2.75) is 29.9 Å². The van der Waals surface area contributed by atoms with Crippen molar-refractivity contribution in [1.29, 1.82) is 0 Å². The molecule has 0 saturated heterocycles. The lowest BCUT2D eigenvalue weighted by Crippen LogP contribution is -2.17. The molecule has 0 saturated carbocycles. The molecule has 5 nitrogen and oxygen atoms in total. The largest absolute Gasteiger partial charge is 0.409 e. The first kappa shape index (κ1) is 11.9. The summed E-state index contributed by atoms with van der Waals surface area (Å²) in [7, 11) is 1.88. The Morgan fingerprint density at radius 3 is 3.00 bits per heavy atom. The van der Waals surface area contributed by atoms with Crippen molar-refractivity contribution in [3.8, 4) is 0 Å². The summed E-state index contributed by atoms with van der Waals surface area (Å²) in [5.41, 5.74) is 5.47. The monoisotopic (exact) mass is 228 g/mol. The average Bonchev–Trinajstić information content (AvgIpc) is 2.62. The highest BCUT2D eigenvalue weighted by molar-refractivity contribution is 8.00. The van der Waals surface area contributed by atoms with Gasteiger partial charge in [0.05, 0.1) is 6.20 Å². The molecule has 84 valence electrons. The van der Waals surface area contributed by atoms with E-state index < -0.39 is 0 Å². The van der Waals surface area contributed by atoms with Gasteiger partial charge in [0, 0.05) is 29.8 Å². The Morgan fingerprint density at radius 1 is 1.80 bits per heavy atom. The Labute approximate surface area is 93.3 Å². The van der Waals surface area contributed by atoms with Gasteiger partial charge in [0.2, 0.25) is 0 Å². The number of nitrogens with two attached hydrogens (primary N) is 1. The second kappa shape index (κ2) is 5.65. The van der Waals surface area contributed by atoms with Crippen LogP contribution in [0.15, 0.2) is 22.4 Å². The highest BCUT2D eigenvalue weighted by Crippen LogP contribution is 2.26. The Morgan fingerprint density at radius 2 is 2.53 bits per heavy atom. The first-order valence-electron chi connectivity index (χ1n) is 4.77. The number of amidine groups is 1. The topological polar surface area (TPSA) is 76.4 Å². The molecule has 0 aliphatic rings. The Bertz CT molecular complexity index is 337. The molecule has 3 N–H and O–H groups in total. The highest BCUT2D eigenvalue weighted by Gasteiger charge is 2.11. The summed E-state index contributed by atoms with van der Waals surface area (Å²) >= 11 is 1.70. The molecule has 0 aliphatic carbocycles. The van der Waals surface area contributed by atoms with Gasteiger partial charge in [0.25, 0.3) is 0 Å². The van der Waals surface area contributed by atoms with Crippen LogP contribution in [0.3, 0.4) is 0 Å². The predicted molar refractivity (Wildman–Crippen MR) is 61.2 cm³/mol. The van der Waals surface area contributed by atoms with E-state index in [0.29, 0.717) is 11.7 Å². The molecule has 0 fully saturated rings. The fraction of sp³-hybridized carbons (Fsp3) is 0.556. The van der Waals surface area contributed by atoms with Gasteiger partial charge in [-0.25, -0.2) is 0 Å². The maximum atomic E-state index is 8.49. The van der Waals surface area contributed by atoms with Crippen molar-refractivity contribution in [3.63, 3.8) is 0 Å². The number of rotatable bonds is 5. The normalized spacial score (nSPS) is 14.1. The van der Waals surface area contributed by atoms with Crippen LogP contribution in [-0.2, 0) is 7.05 Å². The molecular formula is C9H16N4OS. The summed E-state index contributed by atoms with van der Waals surface area (Å²) in [4.78, 5) is 1.11. The summed E-state index contributed by atoms with van der Waals surface area (Å²) in [5, 5.41) is 15.9. The fourth-order valence-corrected chi connectivity index (χ4v) is 2.32. The molecule has 0 spiro atoms. The Kier molecular flexibility index (Phi) is 4.48. The zero-order valence-corrected chi connectivity index (χ0v) is 9.74. The molecule has 1 aromatic heterocycles. The maximum absolute atomic E-state index is 8.49. The molecule has 1 heterocycles. The van der Waals surface area contributed by atoms with Crippen LogP contribution in [0.1, 0.15) is 19.8 Å². The summed E-state index contributed by atoms with van der Waals surface area (Å²) in [6.45, 7) is 2.08. The van der Waals surface area contributed by atoms with Crippen LogP contribution >= 0.6 is 11.8 Å². The van der Waals surface area contributed by atoms with Crippen molar-refractivity contribution >= 4 is 17.6 Å². The lowest BCUT2D eigenvalue weighted by molar-refractivity contribution is 0.316. The predicted octanol–water partition coefficient (Wildman–Crippen LogP) is 1.43. The van der Waals surface area contributed by atoms with Crippen LogP contribution in [0.25, 0.3) is 0 Å². The van der Waals surface area contributed by atoms with E-state index in [1.807, 2.05) is 19.4 Å². The number of nitrogens with zero attached hydrogens (tertiary/aromatic N) is 3. The van der Waals surface area contributed by atoms with Crippen molar-refractivity contribution in [3.05, 3.63) is 12.4 Å². The number of aryl methyl sites for hydroxylation is 1. The quantitative estimate of drug-likeness (QED) is 0.263. The highest BCUT2D eigenvalue weighted by atomic mass is 32.2. The first-order valence-corrected chi connectivity index (χ1v) is 5.65. The second-order valence-corrected chi connectivity index (χ2v) is 4.67. The third-order valence-electron chi connectivity index (χ3n) is 2.00. The van der Waals surface area contributed by atoms with Gasteiger partial charge < -0.3 is 10.9 Å². The van der Waals surface area contributed by atoms with Gasteiger partial charge in [-0.05, 0) is 6.42 Å². The summed E-state index contributed by atoms with van der Waals surface area (Å²) in [5.74, 6) is 0.276. The van der Waals surface area contributed by atoms with E-state index in [2.05, 4.69) is 17.2 Å². The van der Waals surface area contributed by atoms with Crippen LogP contribution in [0, 0.1) is 0 Å². The van der Waals surface area contributed by atoms with E-state index in [0.717, 1.165) is 11.3 Å². The molecular weight excluding hydrogens is 212 g/mol. The lowest BCUT2D eigenvalue weighted by Gasteiger charge is -2.11. The van der Waals surface area contributed by atoms with E-state index in [4.69, 9.17) is 10.9 Å². The maximum Gasteiger partial charge on any atom is 0.140 e. The van der Waals surface area contributed by atoms with Gasteiger partial charge in [-0.15, -0.1) is 11.8 Å². The molecule has 0 amide bonds. The van der Waals surface area contributed by atoms with Crippen LogP contribution < -0.4 is 5.73 Å². The van der Waals surface area contributed by atoms with E-state index in [1.54, 1.807) is 16.4 Å². The van der Waals surface area contributed by atoms with Gasteiger partial charge in [-0.1, -0.05) is 12.1 Å². The van der Waals surface area contributed by atoms with Crippen molar-refractivity contribution in [2.24, 2.45) is 17.9 Å². The van der Waals surface area contributed by atoms with Crippen LogP contribution in [0.2, 0.25) is 0 Å². The average molecular weight is 228 g/mol. The summed E-state index contributed by atoms with van der Waals surface area (Å²) in [6, 6.07) is 0. The zero-order valence-electron chi connectivity index (χ0n) is 8.92. The number of aromatic nitrogens is 2. The molecule has 1 unspecified atom stereocenters. The van der Waals surface area contributed by atoms with Crippen LogP contribution in [-0.4, -0.2) is 26.1 Å². The van der Waals surface area contributed by atoms with Gasteiger partial charge >= 0.3 is 0 Å². The Hall–Kier alpha value is -1.17. The molecule has 0 bridgehead atoms. The van der Waals surface area contributed by atoms with Crippen molar-refractivity contribution < 1.29 is 5.21 Å². The van der Waals surface area contributed by atoms with E-state index >= 15 is 0 Å². The number of oxime groups is 1. The molecule has 0 aromatic carbocycles. The zero-order chi connectivity index (χ0) is 11.3. The van der Waals surface area contributed by atoms with Crippen LogP contribution in [0.4, 0.5) is 0 Å². The standard InChI is InChI=1S/C9H16N4OS/c1-3-7(4-9(10)12-14)15-8-5-11-13(2)6-8/h5-7,14H,3-4H2,1-2H3,(H2,10,12). The third kappa shape index (κ3) is 3.83. The van der Waals surface area contributed by atoms with E-state index in [9.17, 15) is 0 Å². The van der Waals surface area contributed by atoms with Gasteiger partial charge in [-0.3, -0.25) is 4.68 Å². The van der Waals surface area contributed by atoms with Crippen LogP contribution in [0.5, 0.6) is 0 Å². The van der Waals surface area contributed by atoms with Crippen molar-refractivity contribution in [2.75, 3.05) is 0 Å².